The Morgan fingerprint density at radius 2 is 1.94 bits per heavy atom. The van der Waals surface area contributed by atoms with Crippen molar-refractivity contribution < 1.29 is 10.2 Å². The van der Waals surface area contributed by atoms with Gasteiger partial charge in [0.05, 0.1) is 17.3 Å². The number of rotatable bonds is 7. The van der Waals surface area contributed by atoms with Gasteiger partial charge in [-0.2, -0.15) is 0 Å². The molecule has 1 fully saturated rings. The minimum atomic E-state index is -0.597. The monoisotopic (exact) mass is 290 g/mol. The molecule has 0 aliphatic carbocycles. The molecule has 1 aliphatic rings. The van der Waals surface area contributed by atoms with E-state index in [0.29, 0.717) is 16.4 Å². The second-order valence-corrected chi connectivity index (χ2v) is 8.01. The van der Waals surface area contributed by atoms with Crippen LogP contribution in [0.25, 0.3) is 0 Å². The summed E-state index contributed by atoms with van der Waals surface area (Å²) < 4.78 is 0.424. The average molecular weight is 290 g/mol. The lowest BCUT2D eigenvalue weighted by atomic mass is 9.84. The standard InChI is InChI=1S/C14H26O2S2/c1-4-10(2)8-11(3)13(12(16)9-15)14-17-6-5-7-18-14/h4,10-16H,1,5-9H2,2-3H3/t10-,11-,12-,13+/m1/s1. The molecular formula is C14H26O2S2. The summed E-state index contributed by atoms with van der Waals surface area (Å²) in [6, 6.07) is 0. The van der Waals surface area contributed by atoms with E-state index in [1.807, 2.05) is 29.6 Å². The van der Waals surface area contributed by atoms with Crippen molar-refractivity contribution in [1.29, 1.82) is 0 Å². The molecule has 1 aliphatic heterocycles. The van der Waals surface area contributed by atoms with Gasteiger partial charge >= 0.3 is 0 Å². The van der Waals surface area contributed by atoms with Gasteiger partial charge in [0, 0.05) is 5.92 Å². The molecule has 4 heteroatoms. The molecule has 1 heterocycles. The second kappa shape index (κ2) is 8.51. The van der Waals surface area contributed by atoms with Crippen LogP contribution < -0.4 is 0 Å². The van der Waals surface area contributed by atoms with Crippen LogP contribution in [0.5, 0.6) is 0 Å². The number of aliphatic hydroxyl groups excluding tert-OH is 2. The molecule has 1 saturated heterocycles. The van der Waals surface area contributed by atoms with Crippen LogP contribution in [0.15, 0.2) is 12.7 Å². The fourth-order valence-electron chi connectivity index (χ4n) is 2.52. The first-order valence-corrected chi connectivity index (χ1v) is 8.84. The fraction of sp³-hybridized carbons (Fsp3) is 0.857. The summed E-state index contributed by atoms with van der Waals surface area (Å²) in [5, 5.41) is 19.4. The maximum Gasteiger partial charge on any atom is 0.0820 e. The Hall–Kier alpha value is 0.360. The molecule has 0 radical (unpaired) electrons. The summed E-state index contributed by atoms with van der Waals surface area (Å²) >= 11 is 3.89. The summed E-state index contributed by atoms with van der Waals surface area (Å²) in [5.41, 5.74) is 0. The first-order chi connectivity index (χ1) is 8.60. The van der Waals surface area contributed by atoms with Crippen LogP contribution in [-0.4, -0.2) is 39.0 Å². The summed E-state index contributed by atoms with van der Waals surface area (Å²) in [6.45, 7) is 8.05. The normalized spacial score (nSPS) is 24.2. The van der Waals surface area contributed by atoms with Crippen LogP contribution in [0.2, 0.25) is 0 Å². The highest BCUT2D eigenvalue weighted by molar-refractivity contribution is 8.17. The molecule has 0 bridgehead atoms. The minimum absolute atomic E-state index is 0.130. The molecule has 2 nitrogen and oxygen atoms in total. The van der Waals surface area contributed by atoms with Gasteiger partial charge < -0.3 is 10.2 Å². The maximum absolute atomic E-state index is 10.1. The SMILES string of the molecule is C=C[C@@H](C)C[C@@H](C)[C@H](C1SCCCS1)[C@H](O)CO. The van der Waals surface area contributed by atoms with E-state index in [-0.39, 0.29) is 12.5 Å². The highest BCUT2D eigenvalue weighted by Crippen LogP contribution is 2.41. The van der Waals surface area contributed by atoms with Gasteiger partial charge in [-0.05, 0) is 36.2 Å². The Bertz CT molecular complexity index is 242. The van der Waals surface area contributed by atoms with Crippen molar-refractivity contribution in [2.75, 3.05) is 18.1 Å². The van der Waals surface area contributed by atoms with E-state index >= 15 is 0 Å². The van der Waals surface area contributed by atoms with Gasteiger partial charge in [0.25, 0.3) is 0 Å². The van der Waals surface area contributed by atoms with Gasteiger partial charge in [0.15, 0.2) is 0 Å². The van der Waals surface area contributed by atoms with E-state index < -0.39 is 6.10 Å². The molecule has 18 heavy (non-hydrogen) atoms. The molecule has 2 N–H and O–H groups in total. The quantitative estimate of drug-likeness (QED) is 0.707. The van der Waals surface area contributed by atoms with Crippen molar-refractivity contribution in [3.63, 3.8) is 0 Å². The van der Waals surface area contributed by atoms with Gasteiger partial charge in [0.1, 0.15) is 0 Å². The Labute approximate surface area is 120 Å². The highest BCUT2D eigenvalue weighted by Gasteiger charge is 2.34. The van der Waals surface area contributed by atoms with Crippen molar-refractivity contribution in [2.24, 2.45) is 17.8 Å². The van der Waals surface area contributed by atoms with Crippen LogP contribution in [0.4, 0.5) is 0 Å². The third-order valence-electron chi connectivity index (χ3n) is 3.60. The smallest absolute Gasteiger partial charge is 0.0820 e. The molecule has 0 aromatic rings. The molecule has 0 aromatic carbocycles. The Balaban J connectivity index is 2.66. The molecule has 0 amide bonds. The molecule has 0 spiro atoms. The number of allylic oxidation sites excluding steroid dienone is 1. The fourth-order valence-corrected chi connectivity index (χ4v) is 6.09. The van der Waals surface area contributed by atoms with Crippen molar-refractivity contribution in [3.8, 4) is 0 Å². The van der Waals surface area contributed by atoms with E-state index in [9.17, 15) is 10.2 Å². The molecule has 0 aromatic heterocycles. The topological polar surface area (TPSA) is 40.5 Å². The number of hydrogen-bond donors (Lipinski definition) is 2. The van der Waals surface area contributed by atoms with Crippen molar-refractivity contribution >= 4 is 23.5 Å². The number of thioether (sulfide) groups is 2. The molecule has 0 saturated carbocycles. The second-order valence-electron chi connectivity index (χ2n) is 5.22. The van der Waals surface area contributed by atoms with E-state index in [0.717, 1.165) is 6.42 Å². The maximum atomic E-state index is 10.1. The van der Waals surface area contributed by atoms with Gasteiger partial charge in [-0.25, -0.2) is 0 Å². The molecule has 4 atom stereocenters. The Kier molecular flexibility index (Phi) is 7.76. The van der Waals surface area contributed by atoms with E-state index in [1.165, 1.54) is 17.9 Å². The average Bonchev–Trinajstić information content (AvgIpc) is 2.39. The van der Waals surface area contributed by atoms with Crippen LogP contribution >= 0.6 is 23.5 Å². The predicted octanol–water partition coefficient (Wildman–Crippen LogP) is 3.00. The van der Waals surface area contributed by atoms with Crippen LogP contribution in [-0.2, 0) is 0 Å². The van der Waals surface area contributed by atoms with E-state index in [4.69, 9.17) is 0 Å². The van der Waals surface area contributed by atoms with Crippen LogP contribution in [0, 0.1) is 17.8 Å². The number of aliphatic hydroxyl groups is 2. The number of hydrogen-bond acceptors (Lipinski definition) is 4. The van der Waals surface area contributed by atoms with E-state index in [1.54, 1.807) is 0 Å². The molecule has 106 valence electrons. The van der Waals surface area contributed by atoms with Gasteiger partial charge in [-0.15, -0.1) is 30.1 Å². The third-order valence-corrected chi connectivity index (χ3v) is 6.75. The van der Waals surface area contributed by atoms with Gasteiger partial charge in [-0.1, -0.05) is 19.9 Å². The summed E-state index contributed by atoms with van der Waals surface area (Å²) in [5.74, 6) is 3.40. The highest BCUT2D eigenvalue weighted by atomic mass is 32.2. The van der Waals surface area contributed by atoms with Gasteiger partial charge in [-0.3, -0.25) is 0 Å². The van der Waals surface area contributed by atoms with Crippen molar-refractivity contribution in [3.05, 3.63) is 12.7 Å². The zero-order valence-corrected chi connectivity index (χ0v) is 13.1. The lowest BCUT2D eigenvalue weighted by Gasteiger charge is -2.36. The lowest BCUT2D eigenvalue weighted by Crippen LogP contribution is -2.37. The first kappa shape index (κ1) is 16.4. The van der Waals surface area contributed by atoms with Gasteiger partial charge in [0.2, 0.25) is 0 Å². The largest absolute Gasteiger partial charge is 0.394 e. The van der Waals surface area contributed by atoms with Crippen LogP contribution in [0.1, 0.15) is 26.7 Å². The molecular weight excluding hydrogens is 264 g/mol. The zero-order valence-electron chi connectivity index (χ0n) is 11.4. The molecule has 1 rings (SSSR count). The summed E-state index contributed by atoms with van der Waals surface area (Å²) in [6.07, 6.45) is 3.66. The zero-order chi connectivity index (χ0) is 13.5. The Morgan fingerprint density at radius 1 is 1.33 bits per heavy atom. The van der Waals surface area contributed by atoms with Crippen LogP contribution in [0.3, 0.4) is 0 Å². The van der Waals surface area contributed by atoms with Crippen molar-refractivity contribution in [1.82, 2.24) is 0 Å². The lowest BCUT2D eigenvalue weighted by molar-refractivity contribution is 0.0294. The third kappa shape index (κ3) is 4.80. The van der Waals surface area contributed by atoms with Crippen molar-refractivity contribution in [2.45, 2.75) is 37.4 Å². The van der Waals surface area contributed by atoms with E-state index in [2.05, 4.69) is 20.4 Å². The Morgan fingerprint density at radius 3 is 2.44 bits per heavy atom. The molecule has 0 unspecified atom stereocenters. The summed E-state index contributed by atoms with van der Waals surface area (Å²) in [7, 11) is 0. The first-order valence-electron chi connectivity index (χ1n) is 6.74. The minimum Gasteiger partial charge on any atom is -0.394 e. The summed E-state index contributed by atoms with van der Waals surface area (Å²) in [4.78, 5) is 0. The predicted molar refractivity (Wildman–Crippen MR) is 83.0 cm³/mol.